The van der Waals surface area contributed by atoms with Crippen LogP contribution in [0, 0.1) is 0 Å². The van der Waals surface area contributed by atoms with Gasteiger partial charge in [0, 0.05) is 11.6 Å². The number of carbonyl (C=O) groups excluding carboxylic acids is 2. The number of rotatable bonds is 9. The predicted octanol–water partition coefficient (Wildman–Crippen LogP) is 4.73. The Morgan fingerprint density at radius 3 is 2.52 bits per heavy atom. The van der Waals surface area contributed by atoms with Gasteiger partial charge in [-0.15, -0.1) is 0 Å². The van der Waals surface area contributed by atoms with Crippen molar-refractivity contribution in [3.63, 3.8) is 0 Å². The average Bonchev–Trinajstić information content (AvgIpc) is 2.71. The van der Waals surface area contributed by atoms with Crippen LogP contribution in [0.5, 0.6) is 11.5 Å². The van der Waals surface area contributed by atoms with E-state index in [1.807, 2.05) is 18.2 Å². The van der Waals surface area contributed by atoms with E-state index in [0.29, 0.717) is 29.0 Å². The second-order valence-corrected chi connectivity index (χ2v) is 5.99. The average molecular weight is 367 g/mol. The van der Waals surface area contributed by atoms with E-state index in [1.54, 1.807) is 37.5 Å². The molecule has 0 aliphatic carbocycles. The highest BCUT2D eigenvalue weighted by atomic mass is 16.5. The van der Waals surface area contributed by atoms with Crippen molar-refractivity contribution in [2.24, 2.45) is 0 Å². The van der Waals surface area contributed by atoms with Gasteiger partial charge in [-0.3, -0.25) is 9.59 Å². The van der Waals surface area contributed by atoms with E-state index in [9.17, 15) is 9.59 Å². The number of para-hydroxylation sites is 1. The van der Waals surface area contributed by atoms with Gasteiger partial charge in [0.2, 0.25) is 5.91 Å². The molecule has 0 aliphatic rings. The van der Waals surface area contributed by atoms with Gasteiger partial charge in [0.1, 0.15) is 0 Å². The van der Waals surface area contributed by atoms with Gasteiger partial charge in [-0.05, 0) is 48.7 Å². The van der Waals surface area contributed by atoms with Gasteiger partial charge in [0.25, 0.3) is 0 Å². The van der Waals surface area contributed by atoms with E-state index >= 15 is 0 Å². The van der Waals surface area contributed by atoms with Crippen LogP contribution in [0.4, 0.5) is 5.69 Å². The maximum Gasteiger partial charge on any atom is 0.248 e. The maximum absolute atomic E-state index is 12.1. The molecule has 0 aliphatic heterocycles. The molecular formula is C22H25NO4. The van der Waals surface area contributed by atoms with Gasteiger partial charge in [0.05, 0.1) is 18.9 Å². The fourth-order valence-electron chi connectivity index (χ4n) is 2.58. The molecule has 2 aromatic carbocycles. The maximum atomic E-state index is 12.1. The first-order chi connectivity index (χ1) is 13.1. The highest BCUT2D eigenvalue weighted by Gasteiger charge is 2.10. The Bertz CT molecular complexity index is 810. The molecule has 0 heterocycles. The van der Waals surface area contributed by atoms with Crippen LogP contribution in [0.15, 0.2) is 48.5 Å². The molecule has 0 bridgehead atoms. The van der Waals surface area contributed by atoms with Crippen LogP contribution < -0.4 is 14.8 Å². The Hall–Kier alpha value is -3.08. The second kappa shape index (κ2) is 10.2. The normalized spacial score (nSPS) is 10.8. The zero-order valence-corrected chi connectivity index (χ0v) is 15.9. The number of hydrogen-bond acceptors (Lipinski definition) is 4. The van der Waals surface area contributed by atoms with Crippen LogP contribution in [0.1, 0.15) is 42.6 Å². The number of methoxy groups -OCH3 is 1. The molecule has 1 N–H and O–H groups in total. The topological polar surface area (TPSA) is 64.6 Å². The molecule has 142 valence electrons. The van der Waals surface area contributed by atoms with E-state index in [1.165, 1.54) is 6.08 Å². The van der Waals surface area contributed by atoms with Crippen LogP contribution in [-0.2, 0) is 4.79 Å². The van der Waals surface area contributed by atoms with Crippen molar-refractivity contribution in [1.82, 2.24) is 0 Å². The third-order valence-electron chi connectivity index (χ3n) is 4.16. The molecule has 0 fully saturated rings. The standard InChI is InChI=1S/C22H25NO4/c1-4-18(5-2)27-20-12-10-16(14-21(20)26-3)11-13-22(25)23-19-9-7-6-8-17(19)15-24/h6-15,18H,4-5H2,1-3H3,(H,23,25)/b13-11+. The lowest BCUT2D eigenvalue weighted by molar-refractivity contribution is -0.111. The van der Waals surface area contributed by atoms with Gasteiger partial charge in [0.15, 0.2) is 17.8 Å². The quantitative estimate of drug-likeness (QED) is 0.514. The summed E-state index contributed by atoms with van der Waals surface area (Å²) in [6, 6.07) is 12.4. The summed E-state index contributed by atoms with van der Waals surface area (Å²) in [5.41, 5.74) is 1.72. The van der Waals surface area contributed by atoms with Gasteiger partial charge in [-0.1, -0.05) is 32.0 Å². The smallest absolute Gasteiger partial charge is 0.248 e. The summed E-state index contributed by atoms with van der Waals surface area (Å²) in [4.78, 5) is 23.1. The molecule has 0 saturated heterocycles. The number of aldehydes is 1. The van der Waals surface area contributed by atoms with Crippen molar-refractivity contribution in [1.29, 1.82) is 0 Å². The van der Waals surface area contributed by atoms with E-state index in [-0.39, 0.29) is 12.0 Å². The summed E-state index contributed by atoms with van der Waals surface area (Å²) in [5.74, 6) is 0.990. The molecule has 2 rings (SSSR count). The highest BCUT2D eigenvalue weighted by molar-refractivity contribution is 6.04. The van der Waals surface area contributed by atoms with E-state index in [0.717, 1.165) is 18.4 Å². The second-order valence-electron chi connectivity index (χ2n) is 5.99. The summed E-state index contributed by atoms with van der Waals surface area (Å²) in [5, 5.41) is 2.70. The first-order valence-corrected chi connectivity index (χ1v) is 8.99. The van der Waals surface area contributed by atoms with Crippen molar-refractivity contribution >= 4 is 24.0 Å². The fourth-order valence-corrected chi connectivity index (χ4v) is 2.58. The summed E-state index contributed by atoms with van der Waals surface area (Å²) in [6.45, 7) is 4.16. The fraction of sp³-hybridized carbons (Fsp3) is 0.273. The SMILES string of the molecule is CCC(CC)Oc1ccc(/C=C/C(=O)Nc2ccccc2C=O)cc1OC. The van der Waals surface area contributed by atoms with E-state index in [4.69, 9.17) is 9.47 Å². The molecule has 0 aromatic heterocycles. The van der Waals surface area contributed by atoms with Crippen molar-refractivity contribution in [3.05, 3.63) is 59.7 Å². The molecular weight excluding hydrogens is 342 g/mol. The van der Waals surface area contributed by atoms with Gasteiger partial charge < -0.3 is 14.8 Å². The Kier molecular flexibility index (Phi) is 7.62. The van der Waals surface area contributed by atoms with Crippen molar-refractivity contribution < 1.29 is 19.1 Å². The van der Waals surface area contributed by atoms with Gasteiger partial charge in [-0.2, -0.15) is 0 Å². The van der Waals surface area contributed by atoms with Crippen molar-refractivity contribution in [3.8, 4) is 11.5 Å². The molecule has 5 heteroatoms. The number of hydrogen-bond donors (Lipinski definition) is 1. The first-order valence-electron chi connectivity index (χ1n) is 8.99. The lowest BCUT2D eigenvalue weighted by Gasteiger charge is -2.18. The number of amides is 1. The Labute approximate surface area is 160 Å². The van der Waals surface area contributed by atoms with Crippen LogP contribution in [0.3, 0.4) is 0 Å². The molecule has 1 amide bonds. The van der Waals surface area contributed by atoms with Gasteiger partial charge >= 0.3 is 0 Å². The molecule has 0 saturated carbocycles. The molecule has 2 aromatic rings. The zero-order valence-electron chi connectivity index (χ0n) is 15.9. The van der Waals surface area contributed by atoms with Crippen molar-refractivity contribution in [2.75, 3.05) is 12.4 Å². The highest BCUT2D eigenvalue weighted by Crippen LogP contribution is 2.30. The number of anilines is 1. The van der Waals surface area contributed by atoms with Crippen LogP contribution >= 0.6 is 0 Å². The summed E-state index contributed by atoms with van der Waals surface area (Å²) in [6.07, 6.45) is 5.79. The Balaban J connectivity index is 2.09. The van der Waals surface area contributed by atoms with Gasteiger partial charge in [-0.25, -0.2) is 0 Å². The number of nitrogens with one attached hydrogen (secondary N) is 1. The lowest BCUT2D eigenvalue weighted by Crippen LogP contribution is -2.14. The molecule has 0 spiro atoms. The molecule has 0 unspecified atom stereocenters. The summed E-state index contributed by atoms with van der Waals surface area (Å²) < 4.78 is 11.4. The van der Waals surface area contributed by atoms with Crippen LogP contribution in [0.2, 0.25) is 0 Å². The van der Waals surface area contributed by atoms with Crippen LogP contribution in [0.25, 0.3) is 6.08 Å². The Morgan fingerprint density at radius 2 is 1.85 bits per heavy atom. The minimum atomic E-state index is -0.319. The molecule has 0 atom stereocenters. The largest absolute Gasteiger partial charge is 0.493 e. The van der Waals surface area contributed by atoms with E-state index in [2.05, 4.69) is 19.2 Å². The number of ether oxygens (including phenoxy) is 2. The number of carbonyl (C=O) groups is 2. The minimum Gasteiger partial charge on any atom is -0.493 e. The van der Waals surface area contributed by atoms with Crippen LogP contribution in [-0.4, -0.2) is 25.4 Å². The monoisotopic (exact) mass is 367 g/mol. The van der Waals surface area contributed by atoms with Crippen molar-refractivity contribution in [2.45, 2.75) is 32.8 Å². The summed E-state index contributed by atoms with van der Waals surface area (Å²) in [7, 11) is 1.59. The molecule has 27 heavy (non-hydrogen) atoms. The first kappa shape index (κ1) is 20.2. The molecule has 0 radical (unpaired) electrons. The predicted molar refractivity (Wildman–Crippen MR) is 107 cm³/mol. The zero-order chi connectivity index (χ0) is 19.6. The lowest BCUT2D eigenvalue weighted by atomic mass is 10.1. The third-order valence-corrected chi connectivity index (χ3v) is 4.16. The Morgan fingerprint density at radius 1 is 1.11 bits per heavy atom. The number of benzene rings is 2. The minimum absolute atomic E-state index is 0.143. The van der Waals surface area contributed by atoms with E-state index < -0.39 is 0 Å². The third kappa shape index (κ3) is 5.71. The summed E-state index contributed by atoms with van der Waals surface area (Å²) >= 11 is 0. The molecule has 5 nitrogen and oxygen atoms in total.